The van der Waals surface area contributed by atoms with Crippen molar-refractivity contribution in [2.75, 3.05) is 24.1 Å². The van der Waals surface area contributed by atoms with Crippen molar-refractivity contribution < 1.29 is 14.3 Å². The molecule has 0 unspecified atom stereocenters. The molecule has 0 spiro atoms. The van der Waals surface area contributed by atoms with Crippen LogP contribution in [0.3, 0.4) is 0 Å². The Hall–Kier alpha value is -3.88. The highest BCUT2D eigenvalue weighted by molar-refractivity contribution is 6.07. The highest BCUT2D eigenvalue weighted by Gasteiger charge is 2.28. The number of piperidine rings is 1. The molecular weight excluding hydrogens is 480 g/mol. The zero-order chi connectivity index (χ0) is 27.7. The van der Waals surface area contributed by atoms with Gasteiger partial charge in [-0.25, -0.2) is 9.78 Å². The maximum atomic E-state index is 13.1. The lowest BCUT2D eigenvalue weighted by Crippen LogP contribution is -2.42. The van der Waals surface area contributed by atoms with Crippen LogP contribution >= 0.6 is 0 Å². The van der Waals surface area contributed by atoms with Crippen molar-refractivity contribution in [3.8, 4) is 11.1 Å². The monoisotopic (exact) mass is 518 g/mol. The number of likely N-dealkylation sites (tertiary alicyclic amines) is 1. The van der Waals surface area contributed by atoms with Crippen molar-refractivity contribution in [3.05, 3.63) is 60.0 Å². The molecule has 202 valence electrons. The van der Waals surface area contributed by atoms with Crippen molar-refractivity contribution in [1.82, 2.24) is 19.7 Å². The first-order valence-corrected chi connectivity index (χ1v) is 13.0. The summed E-state index contributed by atoms with van der Waals surface area (Å²) in [4.78, 5) is 31.5. The lowest BCUT2D eigenvalue weighted by atomic mass is 9.87. The molecule has 9 heteroatoms. The molecule has 0 saturated carbocycles. The first kappa shape index (κ1) is 27.2. The van der Waals surface area contributed by atoms with E-state index in [4.69, 9.17) is 10.5 Å². The molecule has 1 aliphatic rings. The van der Waals surface area contributed by atoms with Crippen molar-refractivity contribution in [2.24, 2.45) is 0 Å². The summed E-state index contributed by atoms with van der Waals surface area (Å²) in [6.07, 6.45) is 6.65. The second-order valence-corrected chi connectivity index (χ2v) is 11.8. The van der Waals surface area contributed by atoms with E-state index in [-0.39, 0.29) is 29.3 Å². The molecule has 2 aromatic heterocycles. The molecule has 1 aromatic carbocycles. The van der Waals surface area contributed by atoms with Gasteiger partial charge in [-0.05, 0) is 62.8 Å². The molecule has 3 heterocycles. The summed E-state index contributed by atoms with van der Waals surface area (Å²) < 4.78 is 7.42. The van der Waals surface area contributed by atoms with Crippen LogP contribution in [0.1, 0.15) is 76.3 Å². The lowest BCUT2D eigenvalue weighted by molar-refractivity contribution is 0.0184. The number of anilines is 2. The molecule has 3 N–H and O–H groups in total. The Morgan fingerprint density at radius 2 is 1.74 bits per heavy atom. The topological polar surface area (TPSA) is 115 Å². The molecule has 9 nitrogen and oxygen atoms in total. The first-order valence-electron chi connectivity index (χ1n) is 13.0. The van der Waals surface area contributed by atoms with Gasteiger partial charge in [-0.15, -0.1) is 0 Å². The summed E-state index contributed by atoms with van der Waals surface area (Å²) in [5, 5.41) is 7.52. The smallest absolute Gasteiger partial charge is 0.410 e. The summed E-state index contributed by atoms with van der Waals surface area (Å²) in [5.41, 5.74) is 9.28. The van der Waals surface area contributed by atoms with Gasteiger partial charge in [0.05, 0.1) is 17.8 Å². The van der Waals surface area contributed by atoms with Gasteiger partial charge in [0, 0.05) is 42.3 Å². The van der Waals surface area contributed by atoms with Crippen LogP contribution in [0.25, 0.3) is 11.1 Å². The van der Waals surface area contributed by atoms with E-state index in [1.165, 1.54) is 0 Å². The van der Waals surface area contributed by atoms with Crippen LogP contribution in [0, 0.1) is 0 Å². The number of carbonyl (C=O) groups excluding carboxylic acids is 2. The molecule has 2 amide bonds. The number of amides is 2. The summed E-state index contributed by atoms with van der Waals surface area (Å²) in [7, 11) is 0. The molecule has 0 aliphatic carbocycles. The first-order chi connectivity index (χ1) is 17.8. The van der Waals surface area contributed by atoms with Gasteiger partial charge in [0.15, 0.2) is 0 Å². The van der Waals surface area contributed by atoms with E-state index >= 15 is 0 Å². The van der Waals surface area contributed by atoms with Crippen LogP contribution < -0.4 is 11.1 Å². The van der Waals surface area contributed by atoms with Gasteiger partial charge in [-0.2, -0.15) is 5.10 Å². The average Bonchev–Trinajstić information content (AvgIpc) is 3.33. The van der Waals surface area contributed by atoms with Gasteiger partial charge in [-0.1, -0.05) is 32.9 Å². The molecule has 1 saturated heterocycles. The number of ether oxygens (including phenoxy) is 1. The van der Waals surface area contributed by atoms with E-state index in [1.54, 1.807) is 23.4 Å². The standard InChI is InChI=1S/C29H38N6O3/c1-28(2,3)21-8-7-9-22(15-21)33-26(36)24-14-19(16-31-25(24)30)20-17-32-35(18-20)23-10-12-34(13-11-23)27(37)38-29(4,5)6/h7-9,14-18,23H,10-13H2,1-6H3,(H2,30,31)(H,33,36). The molecule has 0 radical (unpaired) electrons. The average molecular weight is 519 g/mol. The minimum Gasteiger partial charge on any atom is -0.444 e. The molecule has 0 bridgehead atoms. The highest BCUT2D eigenvalue weighted by atomic mass is 16.6. The van der Waals surface area contributed by atoms with Crippen LogP contribution in [-0.4, -0.2) is 50.4 Å². The normalized spacial score (nSPS) is 14.8. The van der Waals surface area contributed by atoms with Crippen molar-refractivity contribution in [3.63, 3.8) is 0 Å². The number of aromatic nitrogens is 3. The lowest BCUT2D eigenvalue weighted by Gasteiger charge is -2.33. The second kappa shape index (κ2) is 10.5. The minimum absolute atomic E-state index is 0.0340. The number of nitrogens with one attached hydrogen (secondary N) is 1. The van der Waals surface area contributed by atoms with Crippen LogP contribution in [0.5, 0.6) is 0 Å². The Kier molecular flexibility index (Phi) is 7.49. The van der Waals surface area contributed by atoms with Crippen molar-refractivity contribution in [1.29, 1.82) is 0 Å². The van der Waals surface area contributed by atoms with E-state index in [9.17, 15) is 9.59 Å². The maximum absolute atomic E-state index is 13.1. The van der Waals surface area contributed by atoms with Gasteiger partial charge in [-0.3, -0.25) is 9.48 Å². The van der Waals surface area contributed by atoms with Gasteiger partial charge >= 0.3 is 6.09 Å². The Morgan fingerprint density at radius 1 is 1.03 bits per heavy atom. The molecule has 3 aromatic rings. The van der Waals surface area contributed by atoms with Gasteiger partial charge < -0.3 is 20.7 Å². The number of rotatable bonds is 4. The Morgan fingerprint density at radius 3 is 2.39 bits per heavy atom. The number of hydrogen-bond donors (Lipinski definition) is 2. The highest BCUT2D eigenvalue weighted by Crippen LogP contribution is 2.28. The number of hydrogen-bond acceptors (Lipinski definition) is 6. The number of nitrogen functional groups attached to an aromatic ring is 1. The summed E-state index contributed by atoms with van der Waals surface area (Å²) in [5.74, 6) is -0.148. The summed E-state index contributed by atoms with van der Waals surface area (Å²) in [6.45, 7) is 13.2. The number of benzene rings is 1. The fourth-order valence-corrected chi connectivity index (χ4v) is 4.40. The molecule has 38 heavy (non-hydrogen) atoms. The van der Waals surface area contributed by atoms with Gasteiger partial charge in [0.1, 0.15) is 11.4 Å². The van der Waals surface area contributed by atoms with E-state index < -0.39 is 5.60 Å². The Balaban J connectivity index is 1.44. The third kappa shape index (κ3) is 6.51. The molecule has 1 aliphatic heterocycles. The maximum Gasteiger partial charge on any atom is 0.410 e. The molecule has 0 atom stereocenters. The van der Waals surface area contributed by atoms with Gasteiger partial charge in [0.2, 0.25) is 0 Å². The van der Waals surface area contributed by atoms with Crippen molar-refractivity contribution >= 4 is 23.5 Å². The van der Waals surface area contributed by atoms with Crippen LogP contribution in [0.15, 0.2) is 48.9 Å². The zero-order valence-electron chi connectivity index (χ0n) is 23.1. The zero-order valence-corrected chi connectivity index (χ0v) is 23.1. The Bertz CT molecular complexity index is 1310. The third-order valence-corrected chi connectivity index (χ3v) is 6.57. The Labute approximate surface area is 224 Å². The summed E-state index contributed by atoms with van der Waals surface area (Å²) >= 11 is 0. The van der Waals surface area contributed by atoms with Crippen LogP contribution in [-0.2, 0) is 10.2 Å². The van der Waals surface area contributed by atoms with Crippen LogP contribution in [0.2, 0.25) is 0 Å². The number of pyridine rings is 1. The largest absolute Gasteiger partial charge is 0.444 e. The van der Waals surface area contributed by atoms with Crippen LogP contribution in [0.4, 0.5) is 16.3 Å². The van der Waals surface area contributed by atoms with E-state index in [0.717, 1.165) is 29.5 Å². The predicted octanol–water partition coefficient (Wildman–Crippen LogP) is 5.65. The van der Waals surface area contributed by atoms with E-state index in [0.29, 0.717) is 24.3 Å². The number of nitrogens with zero attached hydrogens (tertiary/aromatic N) is 4. The van der Waals surface area contributed by atoms with E-state index in [2.05, 4.69) is 36.2 Å². The fourth-order valence-electron chi connectivity index (χ4n) is 4.40. The SMILES string of the molecule is CC(C)(C)OC(=O)N1CCC(n2cc(-c3cnc(N)c(C(=O)Nc4cccc(C(C)(C)C)c4)c3)cn2)CC1. The quantitative estimate of drug-likeness (QED) is 0.461. The third-order valence-electron chi connectivity index (χ3n) is 6.57. The number of nitrogens with two attached hydrogens (primary N) is 1. The van der Waals surface area contributed by atoms with Crippen molar-refractivity contribution in [2.45, 2.75) is 71.4 Å². The molecule has 4 rings (SSSR count). The summed E-state index contributed by atoms with van der Waals surface area (Å²) in [6, 6.07) is 9.73. The molecule has 1 fully saturated rings. The fraction of sp³-hybridized carbons (Fsp3) is 0.448. The predicted molar refractivity (Wildman–Crippen MR) is 149 cm³/mol. The number of carbonyl (C=O) groups is 2. The molecular formula is C29H38N6O3. The minimum atomic E-state index is -0.510. The van der Waals surface area contributed by atoms with E-state index in [1.807, 2.05) is 55.9 Å². The van der Waals surface area contributed by atoms with Gasteiger partial charge in [0.25, 0.3) is 5.91 Å². The second-order valence-electron chi connectivity index (χ2n) is 11.8.